The number of aromatic nitrogens is 3. The molecule has 0 atom stereocenters. The van der Waals surface area contributed by atoms with E-state index in [1.165, 1.54) is 30.6 Å². The molecule has 4 N–H and O–H groups in total. The van der Waals surface area contributed by atoms with Gasteiger partial charge in [-0.1, -0.05) is 0 Å². The SMILES string of the molecule is NC(=O)c1ccc(C(=O)NCc2ncn[nH]2)cc1. The summed E-state index contributed by atoms with van der Waals surface area (Å²) >= 11 is 0. The lowest BCUT2D eigenvalue weighted by Crippen LogP contribution is -2.23. The van der Waals surface area contributed by atoms with Crippen molar-refractivity contribution in [1.82, 2.24) is 20.5 Å². The van der Waals surface area contributed by atoms with Gasteiger partial charge in [0.05, 0.1) is 6.54 Å². The van der Waals surface area contributed by atoms with Crippen LogP contribution in [0.1, 0.15) is 26.5 Å². The van der Waals surface area contributed by atoms with Crippen LogP contribution < -0.4 is 11.1 Å². The molecule has 2 rings (SSSR count). The van der Waals surface area contributed by atoms with E-state index >= 15 is 0 Å². The maximum atomic E-state index is 11.7. The number of hydrogen-bond acceptors (Lipinski definition) is 4. The number of primary amides is 1. The number of nitrogens with two attached hydrogens (primary N) is 1. The van der Waals surface area contributed by atoms with Crippen molar-refractivity contribution in [1.29, 1.82) is 0 Å². The Kier molecular flexibility index (Phi) is 3.33. The van der Waals surface area contributed by atoms with Gasteiger partial charge in [0, 0.05) is 11.1 Å². The molecule has 7 heteroatoms. The topological polar surface area (TPSA) is 114 Å². The average Bonchev–Trinajstić information content (AvgIpc) is 2.89. The molecule has 1 heterocycles. The number of carbonyl (C=O) groups is 2. The van der Waals surface area contributed by atoms with E-state index in [1.807, 2.05) is 0 Å². The van der Waals surface area contributed by atoms with Crippen LogP contribution in [0.3, 0.4) is 0 Å². The lowest BCUT2D eigenvalue weighted by Gasteiger charge is -2.03. The van der Waals surface area contributed by atoms with Crippen molar-refractivity contribution in [3.8, 4) is 0 Å². The summed E-state index contributed by atoms with van der Waals surface area (Å²) in [5, 5.41) is 8.96. The van der Waals surface area contributed by atoms with Gasteiger partial charge in [0.15, 0.2) is 0 Å². The quantitative estimate of drug-likeness (QED) is 0.694. The standard InChI is InChI=1S/C11H11N5O2/c12-10(17)7-1-3-8(4-2-7)11(18)13-5-9-14-6-15-16-9/h1-4,6H,5H2,(H2,12,17)(H,13,18)(H,14,15,16). The maximum absolute atomic E-state index is 11.7. The van der Waals surface area contributed by atoms with Crippen LogP contribution in [-0.4, -0.2) is 27.0 Å². The van der Waals surface area contributed by atoms with Crippen molar-refractivity contribution in [3.05, 3.63) is 47.5 Å². The highest BCUT2D eigenvalue weighted by Gasteiger charge is 2.07. The Morgan fingerprint density at radius 3 is 2.44 bits per heavy atom. The lowest BCUT2D eigenvalue weighted by atomic mass is 10.1. The number of nitrogens with zero attached hydrogens (tertiary/aromatic N) is 2. The third kappa shape index (κ3) is 2.70. The fraction of sp³-hybridized carbons (Fsp3) is 0.0909. The van der Waals surface area contributed by atoms with Gasteiger partial charge in [-0.05, 0) is 24.3 Å². The number of H-pyrrole nitrogens is 1. The Hall–Kier alpha value is -2.70. The molecule has 0 aliphatic carbocycles. The Morgan fingerprint density at radius 2 is 1.89 bits per heavy atom. The van der Waals surface area contributed by atoms with E-state index in [4.69, 9.17) is 5.73 Å². The normalized spacial score (nSPS) is 10.0. The van der Waals surface area contributed by atoms with Gasteiger partial charge in [-0.15, -0.1) is 0 Å². The summed E-state index contributed by atoms with van der Waals surface area (Å²) in [5.41, 5.74) is 5.91. The zero-order valence-electron chi connectivity index (χ0n) is 9.38. The van der Waals surface area contributed by atoms with Gasteiger partial charge < -0.3 is 11.1 Å². The van der Waals surface area contributed by atoms with Crippen LogP contribution in [0.2, 0.25) is 0 Å². The van der Waals surface area contributed by atoms with Gasteiger partial charge in [0.2, 0.25) is 5.91 Å². The first-order chi connectivity index (χ1) is 8.66. The molecule has 0 radical (unpaired) electrons. The Bertz CT molecular complexity index is 547. The van der Waals surface area contributed by atoms with E-state index in [9.17, 15) is 9.59 Å². The van der Waals surface area contributed by atoms with E-state index in [2.05, 4.69) is 20.5 Å². The summed E-state index contributed by atoms with van der Waals surface area (Å²) in [5.74, 6) is -0.219. The molecule has 2 aromatic rings. The monoisotopic (exact) mass is 245 g/mol. The highest BCUT2D eigenvalue weighted by molar-refractivity contribution is 5.97. The molecule has 0 fully saturated rings. The van der Waals surface area contributed by atoms with Gasteiger partial charge in [0.1, 0.15) is 12.2 Å². The first-order valence-corrected chi connectivity index (χ1v) is 5.19. The number of aromatic amines is 1. The van der Waals surface area contributed by atoms with Crippen LogP contribution in [0.25, 0.3) is 0 Å². The molecule has 18 heavy (non-hydrogen) atoms. The number of hydrogen-bond donors (Lipinski definition) is 3. The summed E-state index contributed by atoms with van der Waals surface area (Å²) in [4.78, 5) is 26.5. The summed E-state index contributed by atoms with van der Waals surface area (Å²) in [6, 6.07) is 6.09. The molecular formula is C11H11N5O2. The summed E-state index contributed by atoms with van der Waals surface area (Å²) < 4.78 is 0. The molecule has 1 aromatic carbocycles. The number of carbonyl (C=O) groups excluding carboxylic acids is 2. The number of benzene rings is 1. The van der Waals surface area contributed by atoms with E-state index in [0.29, 0.717) is 17.0 Å². The summed E-state index contributed by atoms with van der Waals surface area (Å²) in [6.07, 6.45) is 1.36. The Labute approximate surface area is 102 Å². The largest absolute Gasteiger partial charge is 0.366 e. The van der Waals surface area contributed by atoms with Gasteiger partial charge in [-0.25, -0.2) is 4.98 Å². The third-order valence-electron chi connectivity index (χ3n) is 2.31. The summed E-state index contributed by atoms with van der Waals surface area (Å²) in [7, 11) is 0. The van der Waals surface area contributed by atoms with Crippen molar-refractivity contribution >= 4 is 11.8 Å². The minimum absolute atomic E-state index is 0.260. The fourth-order valence-corrected chi connectivity index (χ4v) is 1.37. The van der Waals surface area contributed by atoms with Gasteiger partial charge in [0.25, 0.3) is 5.91 Å². The lowest BCUT2D eigenvalue weighted by molar-refractivity contribution is 0.0947. The molecule has 0 saturated heterocycles. The molecule has 0 bridgehead atoms. The number of nitrogens with one attached hydrogen (secondary N) is 2. The Morgan fingerprint density at radius 1 is 1.22 bits per heavy atom. The zero-order valence-corrected chi connectivity index (χ0v) is 9.38. The molecule has 92 valence electrons. The minimum atomic E-state index is -0.524. The summed E-state index contributed by atoms with van der Waals surface area (Å²) in [6.45, 7) is 0.260. The smallest absolute Gasteiger partial charge is 0.251 e. The van der Waals surface area contributed by atoms with Crippen LogP contribution >= 0.6 is 0 Å². The molecule has 2 amide bonds. The van der Waals surface area contributed by atoms with Crippen molar-refractivity contribution in [3.63, 3.8) is 0 Å². The van der Waals surface area contributed by atoms with Crippen LogP contribution in [0.15, 0.2) is 30.6 Å². The fourth-order valence-electron chi connectivity index (χ4n) is 1.37. The highest BCUT2D eigenvalue weighted by atomic mass is 16.2. The molecule has 0 unspecified atom stereocenters. The average molecular weight is 245 g/mol. The maximum Gasteiger partial charge on any atom is 0.251 e. The predicted molar refractivity (Wildman–Crippen MR) is 62.5 cm³/mol. The predicted octanol–water partition coefficient (Wildman–Crippen LogP) is -0.166. The molecule has 1 aromatic heterocycles. The first kappa shape index (κ1) is 11.8. The van der Waals surface area contributed by atoms with Crippen molar-refractivity contribution in [2.24, 2.45) is 5.73 Å². The molecular weight excluding hydrogens is 234 g/mol. The van der Waals surface area contributed by atoms with Crippen molar-refractivity contribution in [2.45, 2.75) is 6.54 Å². The van der Waals surface area contributed by atoms with Crippen molar-refractivity contribution < 1.29 is 9.59 Å². The molecule has 0 saturated carbocycles. The van der Waals surface area contributed by atoms with E-state index in [0.717, 1.165) is 0 Å². The molecule has 0 aliphatic heterocycles. The van der Waals surface area contributed by atoms with E-state index < -0.39 is 5.91 Å². The van der Waals surface area contributed by atoms with Gasteiger partial charge >= 0.3 is 0 Å². The molecule has 0 spiro atoms. The molecule has 7 nitrogen and oxygen atoms in total. The Balaban J connectivity index is 1.98. The number of amides is 2. The first-order valence-electron chi connectivity index (χ1n) is 5.19. The minimum Gasteiger partial charge on any atom is -0.366 e. The van der Waals surface area contributed by atoms with Gasteiger partial charge in [-0.3, -0.25) is 14.7 Å². The van der Waals surface area contributed by atoms with E-state index in [-0.39, 0.29) is 12.5 Å². The second-order valence-electron chi connectivity index (χ2n) is 3.56. The third-order valence-corrected chi connectivity index (χ3v) is 2.31. The van der Waals surface area contributed by atoms with Crippen molar-refractivity contribution in [2.75, 3.05) is 0 Å². The zero-order chi connectivity index (χ0) is 13.0. The highest BCUT2D eigenvalue weighted by Crippen LogP contribution is 2.04. The second kappa shape index (κ2) is 5.09. The van der Waals surface area contributed by atoms with Crippen LogP contribution in [0, 0.1) is 0 Å². The van der Waals surface area contributed by atoms with Crippen LogP contribution in [0.5, 0.6) is 0 Å². The van der Waals surface area contributed by atoms with Gasteiger partial charge in [-0.2, -0.15) is 5.10 Å². The number of rotatable bonds is 4. The second-order valence-corrected chi connectivity index (χ2v) is 3.56. The van der Waals surface area contributed by atoms with E-state index in [1.54, 1.807) is 0 Å². The molecule has 0 aliphatic rings. The van der Waals surface area contributed by atoms with Crippen LogP contribution in [0.4, 0.5) is 0 Å². The van der Waals surface area contributed by atoms with Crippen LogP contribution in [-0.2, 0) is 6.54 Å².